The zero-order valence-corrected chi connectivity index (χ0v) is 9.88. The molecule has 0 aliphatic heterocycles. The van der Waals surface area contributed by atoms with Crippen molar-refractivity contribution in [2.24, 2.45) is 0 Å². The number of hydrogen-bond donors (Lipinski definition) is 0. The van der Waals surface area contributed by atoms with Gasteiger partial charge >= 0.3 is 12.1 Å². The van der Waals surface area contributed by atoms with Gasteiger partial charge in [-0.1, -0.05) is 30.3 Å². The van der Waals surface area contributed by atoms with Gasteiger partial charge in [-0.05, 0) is 5.56 Å². The van der Waals surface area contributed by atoms with Crippen LogP contribution in [0.2, 0.25) is 0 Å². The lowest BCUT2D eigenvalue weighted by atomic mass is 10.2. The molecule has 0 aliphatic rings. The minimum atomic E-state index is -0.568. The zero-order chi connectivity index (χ0) is 12.7. The van der Waals surface area contributed by atoms with Gasteiger partial charge in [0.05, 0.1) is 0 Å². The Bertz CT molecular complexity index is 375. The van der Waals surface area contributed by atoms with E-state index in [1.165, 1.54) is 19.0 Å². The van der Waals surface area contributed by atoms with Crippen molar-refractivity contribution < 1.29 is 19.1 Å². The fourth-order valence-corrected chi connectivity index (χ4v) is 1.03. The van der Waals surface area contributed by atoms with Gasteiger partial charge in [0.25, 0.3) is 0 Å². The summed E-state index contributed by atoms with van der Waals surface area (Å²) in [6.07, 6.45) is -0.568. The molecule has 1 aromatic rings. The minimum Gasteiger partial charge on any atom is -0.458 e. The molecule has 0 saturated carbocycles. The van der Waals surface area contributed by atoms with Gasteiger partial charge in [-0.25, -0.2) is 9.59 Å². The van der Waals surface area contributed by atoms with Gasteiger partial charge in [-0.15, -0.1) is 0 Å². The molecule has 0 saturated heterocycles. The molecule has 0 aliphatic carbocycles. The van der Waals surface area contributed by atoms with Gasteiger partial charge in [0.2, 0.25) is 0 Å². The molecule has 1 amide bonds. The second kappa shape index (κ2) is 6.52. The predicted octanol–water partition coefficient (Wildman–Crippen LogP) is 1.43. The lowest BCUT2D eigenvalue weighted by molar-refractivity contribution is -0.148. The third-order valence-electron chi connectivity index (χ3n) is 1.92. The number of carbonyl (C=O) groups excluding carboxylic acids is 2. The van der Waals surface area contributed by atoms with Gasteiger partial charge in [0.15, 0.2) is 6.61 Å². The molecule has 5 nitrogen and oxygen atoms in total. The minimum absolute atomic E-state index is 0.180. The van der Waals surface area contributed by atoms with Crippen LogP contribution in [0, 0.1) is 0 Å². The highest BCUT2D eigenvalue weighted by atomic mass is 16.6. The third kappa shape index (κ3) is 5.01. The average molecular weight is 237 g/mol. The van der Waals surface area contributed by atoms with Gasteiger partial charge in [0, 0.05) is 14.1 Å². The topological polar surface area (TPSA) is 55.8 Å². The van der Waals surface area contributed by atoms with Crippen molar-refractivity contribution in [2.45, 2.75) is 6.61 Å². The average Bonchev–Trinajstić information content (AvgIpc) is 2.34. The number of nitrogens with zero attached hydrogens (tertiary/aromatic N) is 1. The number of esters is 1. The number of ether oxygens (including phenoxy) is 2. The molecule has 0 spiro atoms. The summed E-state index contributed by atoms with van der Waals surface area (Å²) >= 11 is 0. The molecule has 0 heterocycles. The van der Waals surface area contributed by atoms with E-state index in [-0.39, 0.29) is 13.2 Å². The molecule has 5 heteroatoms. The Morgan fingerprint density at radius 1 is 1.12 bits per heavy atom. The predicted molar refractivity (Wildman–Crippen MR) is 61.3 cm³/mol. The van der Waals surface area contributed by atoms with Crippen LogP contribution in [0.1, 0.15) is 5.56 Å². The monoisotopic (exact) mass is 237 g/mol. The first kappa shape index (κ1) is 13.0. The van der Waals surface area contributed by atoms with E-state index >= 15 is 0 Å². The summed E-state index contributed by atoms with van der Waals surface area (Å²) in [5.74, 6) is -0.566. The van der Waals surface area contributed by atoms with Crippen molar-refractivity contribution in [2.75, 3.05) is 20.7 Å². The van der Waals surface area contributed by atoms with E-state index in [0.717, 1.165) is 5.56 Å². The first-order chi connectivity index (χ1) is 8.09. The van der Waals surface area contributed by atoms with Crippen LogP contribution in [0.4, 0.5) is 4.79 Å². The van der Waals surface area contributed by atoms with Crippen LogP contribution in [0.5, 0.6) is 0 Å². The SMILES string of the molecule is CN(C)C(=O)OCC(=O)OCc1ccccc1. The Labute approximate surface area is 99.9 Å². The van der Waals surface area contributed by atoms with E-state index < -0.39 is 12.1 Å². The molecule has 17 heavy (non-hydrogen) atoms. The smallest absolute Gasteiger partial charge is 0.409 e. The molecular weight excluding hydrogens is 222 g/mol. The number of rotatable bonds is 4. The van der Waals surface area contributed by atoms with Crippen LogP contribution in [-0.2, 0) is 20.9 Å². The summed E-state index contributed by atoms with van der Waals surface area (Å²) in [5.41, 5.74) is 0.889. The lowest BCUT2D eigenvalue weighted by Crippen LogP contribution is -2.26. The Balaban J connectivity index is 2.24. The Morgan fingerprint density at radius 2 is 1.76 bits per heavy atom. The third-order valence-corrected chi connectivity index (χ3v) is 1.92. The Kier molecular flexibility index (Phi) is 5.00. The van der Waals surface area contributed by atoms with E-state index in [2.05, 4.69) is 4.74 Å². The van der Waals surface area contributed by atoms with Crippen molar-refractivity contribution in [3.05, 3.63) is 35.9 Å². The number of benzene rings is 1. The molecule has 0 N–H and O–H groups in total. The molecule has 0 aromatic heterocycles. The fourth-order valence-electron chi connectivity index (χ4n) is 1.03. The van der Waals surface area contributed by atoms with E-state index in [0.29, 0.717) is 0 Å². The lowest BCUT2D eigenvalue weighted by Gasteiger charge is -2.10. The van der Waals surface area contributed by atoms with Crippen molar-refractivity contribution in [1.82, 2.24) is 4.90 Å². The van der Waals surface area contributed by atoms with Crippen LogP contribution in [0.15, 0.2) is 30.3 Å². The highest BCUT2D eigenvalue weighted by molar-refractivity contribution is 5.75. The van der Waals surface area contributed by atoms with Gasteiger partial charge in [-0.2, -0.15) is 0 Å². The maximum Gasteiger partial charge on any atom is 0.409 e. The van der Waals surface area contributed by atoms with Gasteiger partial charge < -0.3 is 14.4 Å². The van der Waals surface area contributed by atoms with Crippen molar-refractivity contribution in [1.29, 1.82) is 0 Å². The summed E-state index contributed by atoms with van der Waals surface area (Å²) in [6.45, 7) is -0.191. The summed E-state index contributed by atoms with van der Waals surface area (Å²) in [6, 6.07) is 9.28. The van der Waals surface area contributed by atoms with Crippen molar-refractivity contribution >= 4 is 12.1 Å². The standard InChI is InChI=1S/C12H15NO4/c1-13(2)12(15)17-9-11(14)16-8-10-6-4-3-5-7-10/h3-7H,8-9H2,1-2H3. The summed E-state index contributed by atoms with van der Waals surface area (Å²) in [4.78, 5) is 23.5. The Morgan fingerprint density at radius 3 is 2.35 bits per heavy atom. The second-order valence-corrected chi connectivity index (χ2v) is 3.60. The normalized spacial score (nSPS) is 9.53. The molecule has 0 fully saturated rings. The number of hydrogen-bond acceptors (Lipinski definition) is 4. The highest BCUT2D eigenvalue weighted by Gasteiger charge is 2.09. The summed E-state index contributed by atoms with van der Waals surface area (Å²) in [7, 11) is 3.08. The van der Waals surface area contributed by atoms with Crippen LogP contribution < -0.4 is 0 Å². The zero-order valence-electron chi connectivity index (χ0n) is 9.88. The van der Waals surface area contributed by atoms with Crippen molar-refractivity contribution in [3.63, 3.8) is 0 Å². The van der Waals surface area contributed by atoms with Gasteiger partial charge in [0.1, 0.15) is 6.61 Å². The molecule has 1 aromatic carbocycles. The van der Waals surface area contributed by atoms with E-state index in [1.54, 1.807) is 0 Å². The van der Waals surface area contributed by atoms with E-state index in [9.17, 15) is 9.59 Å². The molecular formula is C12H15NO4. The Hall–Kier alpha value is -2.04. The first-order valence-electron chi connectivity index (χ1n) is 5.13. The van der Waals surface area contributed by atoms with Crippen molar-refractivity contribution in [3.8, 4) is 0 Å². The molecule has 0 atom stereocenters. The molecule has 92 valence electrons. The largest absolute Gasteiger partial charge is 0.458 e. The maximum absolute atomic E-state index is 11.2. The van der Waals surface area contributed by atoms with Crippen LogP contribution in [0.25, 0.3) is 0 Å². The fraction of sp³-hybridized carbons (Fsp3) is 0.333. The van der Waals surface area contributed by atoms with Crippen LogP contribution >= 0.6 is 0 Å². The number of carbonyl (C=O) groups is 2. The van der Waals surface area contributed by atoms with Gasteiger partial charge in [-0.3, -0.25) is 0 Å². The number of amides is 1. The molecule has 0 unspecified atom stereocenters. The molecule has 0 radical (unpaired) electrons. The van der Waals surface area contributed by atoms with Crippen LogP contribution in [0.3, 0.4) is 0 Å². The molecule has 0 bridgehead atoms. The quantitative estimate of drug-likeness (QED) is 0.743. The van der Waals surface area contributed by atoms with E-state index in [1.807, 2.05) is 30.3 Å². The van der Waals surface area contributed by atoms with E-state index in [4.69, 9.17) is 4.74 Å². The summed E-state index contributed by atoms with van der Waals surface area (Å²) in [5, 5.41) is 0. The highest BCUT2D eigenvalue weighted by Crippen LogP contribution is 2.00. The maximum atomic E-state index is 11.2. The van der Waals surface area contributed by atoms with Crippen LogP contribution in [-0.4, -0.2) is 37.7 Å². The summed E-state index contributed by atoms with van der Waals surface area (Å²) < 4.78 is 9.59. The second-order valence-electron chi connectivity index (χ2n) is 3.60. The first-order valence-corrected chi connectivity index (χ1v) is 5.13. The molecule has 1 rings (SSSR count).